The Hall–Kier alpha value is -1.21. The van der Waals surface area contributed by atoms with Crippen molar-refractivity contribution < 1.29 is 0 Å². The molecule has 2 aromatic rings. The molecule has 2 rings (SSSR count). The molecule has 0 amide bonds. The molecule has 0 spiro atoms. The Bertz CT molecular complexity index is 460. The fourth-order valence-corrected chi connectivity index (χ4v) is 2.85. The van der Waals surface area contributed by atoms with Crippen molar-refractivity contribution in [2.45, 2.75) is 30.1 Å². The van der Waals surface area contributed by atoms with Crippen molar-refractivity contribution in [3.05, 3.63) is 59.7 Å². The van der Waals surface area contributed by atoms with Crippen LogP contribution in [0.4, 0.5) is 0 Å². The van der Waals surface area contributed by atoms with E-state index in [1.165, 1.54) is 20.9 Å². The molecule has 0 unspecified atom stereocenters. The SMILES string of the molecule is CCc1cccc(C)c1Sc1ccccc1. The highest BCUT2D eigenvalue weighted by atomic mass is 32.2. The van der Waals surface area contributed by atoms with Gasteiger partial charge in [0.25, 0.3) is 0 Å². The minimum absolute atomic E-state index is 1.09. The van der Waals surface area contributed by atoms with E-state index in [9.17, 15) is 0 Å². The van der Waals surface area contributed by atoms with Crippen LogP contribution in [0.25, 0.3) is 0 Å². The van der Waals surface area contributed by atoms with E-state index in [1.54, 1.807) is 0 Å². The number of rotatable bonds is 3. The van der Waals surface area contributed by atoms with Crippen LogP contribution in [0.2, 0.25) is 0 Å². The van der Waals surface area contributed by atoms with Crippen molar-refractivity contribution in [2.75, 3.05) is 0 Å². The van der Waals surface area contributed by atoms with Gasteiger partial charge in [0, 0.05) is 9.79 Å². The molecule has 0 saturated heterocycles. The molecule has 2 aromatic carbocycles. The molecule has 16 heavy (non-hydrogen) atoms. The van der Waals surface area contributed by atoms with Crippen LogP contribution in [-0.4, -0.2) is 0 Å². The van der Waals surface area contributed by atoms with Gasteiger partial charge in [0.2, 0.25) is 0 Å². The van der Waals surface area contributed by atoms with E-state index < -0.39 is 0 Å². The highest BCUT2D eigenvalue weighted by molar-refractivity contribution is 7.99. The number of hydrogen-bond donors (Lipinski definition) is 0. The van der Waals surface area contributed by atoms with Gasteiger partial charge >= 0.3 is 0 Å². The van der Waals surface area contributed by atoms with E-state index in [0.717, 1.165) is 6.42 Å². The van der Waals surface area contributed by atoms with E-state index in [4.69, 9.17) is 0 Å². The molecule has 0 fully saturated rings. The van der Waals surface area contributed by atoms with Gasteiger partial charge in [-0.05, 0) is 36.6 Å². The Morgan fingerprint density at radius 3 is 2.38 bits per heavy atom. The zero-order valence-corrected chi connectivity index (χ0v) is 10.6. The molecule has 0 aliphatic rings. The Kier molecular flexibility index (Phi) is 3.68. The highest BCUT2D eigenvalue weighted by Gasteiger charge is 2.05. The minimum atomic E-state index is 1.09. The zero-order valence-electron chi connectivity index (χ0n) is 9.73. The van der Waals surface area contributed by atoms with Gasteiger partial charge in [-0.2, -0.15) is 0 Å². The van der Waals surface area contributed by atoms with Crippen LogP contribution >= 0.6 is 11.8 Å². The molecule has 0 bridgehead atoms. The molecule has 0 nitrogen and oxygen atoms in total. The summed E-state index contributed by atoms with van der Waals surface area (Å²) in [4.78, 5) is 2.72. The maximum Gasteiger partial charge on any atom is 0.0183 e. The molecule has 82 valence electrons. The average Bonchev–Trinajstić information content (AvgIpc) is 2.33. The second-order valence-electron chi connectivity index (χ2n) is 3.83. The summed E-state index contributed by atoms with van der Waals surface area (Å²) in [6.45, 7) is 4.40. The summed E-state index contributed by atoms with van der Waals surface area (Å²) >= 11 is 1.87. The van der Waals surface area contributed by atoms with Gasteiger partial charge in [-0.15, -0.1) is 0 Å². The van der Waals surface area contributed by atoms with Crippen LogP contribution in [0.5, 0.6) is 0 Å². The summed E-state index contributed by atoms with van der Waals surface area (Å²) in [5.41, 5.74) is 2.81. The van der Waals surface area contributed by atoms with E-state index in [0.29, 0.717) is 0 Å². The smallest absolute Gasteiger partial charge is 0.0183 e. The van der Waals surface area contributed by atoms with Gasteiger partial charge < -0.3 is 0 Å². The van der Waals surface area contributed by atoms with Crippen molar-refractivity contribution >= 4 is 11.8 Å². The van der Waals surface area contributed by atoms with Crippen molar-refractivity contribution in [2.24, 2.45) is 0 Å². The quantitative estimate of drug-likeness (QED) is 0.733. The molecular weight excluding hydrogens is 212 g/mol. The summed E-state index contributed by atoms with van der Waals surface area (Å²) in [6, 6.07) is 17.1. The molecular formula is C15H16S. The lowest BCUT2D eigenvalue weighted by atomic mass is 10.1. The Morgan fingerprint density at radius 2 is 1.69 bits per heavy atom. The summed E-state index contributed by atoms with van der Waals surface area (Å²) in [5, 5.41) is 0. The van der Waals surface area contributed by atoms with Gasteiger partial charge in [-0.25, -0.2) is 0 Å². The molecule has 0 aliphatic carbocycles. The van der Waals surface area contributed by atoms with Gasteiger partial charge in [0.15, 0.2) is 0 Å². The number of hydrogen-bond acceptors (Lipinski definition) is 1. The van der Waals surface area contributed by atoms with Gasteiger partial charge in [-0.3, -0.25) is 0 Å². The predicted octanol–water partition coefficient (Wildman–Crippen LogP) is 4.71. The highest BCUT2D eigenvalue weighted by Crippen LogP contribution is 2.33. The third-order valence-electron chi connectivity index (χ3n) is 2.64. The van der Waals surface area contributed by atoms with E-state index >= 15 is 0 Å². The Morgan fingerprint density at radius 1 is 0.938 bits per heavy atom. The van der Waals surface area contributed by atoms with Crippen LogP contribution in [0, 0.1) is 6.92 Å². The summed E-state index contributed by atoms with van der Waals surface area (Å²) < 4.78 is 0. The first-order chi connectivity index (χ1) is 7.81. The van der Waals surface area contributed by atoms with Crippen molar-refractivity contribution in [3.8, 4) is 0 Å². The lowest BCUT2D eigenvalue weighted by molar-refractivity contribution is 1.06. The summed E-state index contributed by atoms with van der Waals surface area (Å²) in [6.07, 6.45) is 1.09. The second-order valence-corrected chi connectivity index (χ2v) is 4.92. The third-order valence-corrected chi connectivity index (χ3v) is 3.93. The first-order valence-electron chi connectivity index (χ1n) is 5.62. The van der Waals surface area contributed by atoms with Gasteiger partial charge in [0.1, 0.15) is 0 Å². The molecule has 0 aliphatic heterocycles. The normalized spacial score (nSPS) is 10.4. The van der Waals surface area contributed by atoms with Crippen LogP contribution in [0.15, 0.2) is 58.3 Å². The zero-order chi connectivity index (χ0) is 11.4. The fourth-order valence-electron chi connectivity index (χ4n) is 1.74. The van der Waals surface area contributed by atoms with Crippen LogP contribution < -0.4 is 0 Å². The topological polar surface area (TPSA) is 0 Å². The molecule has 0 saturated carbocycles. The average molecular weight is 228 g/mol. The first-order valence-corrected chi connectivity index (χ1v) is 6.44. The number of aryl methyl sites for hydroxylation is 2. The summed E-state index contributed by atoms with van der Waals surface area (Å²) in [5.74, 6) is 0. The lowest BCUT2D eigenvalue weighted by Crippen LogP contribution is -1.88. The predicted molar refractivity (Wildman–Crippen MR) is 71.1 cm³/mol. The Balaban J connectivity index is 2.34. The molecule has 0 N–H and O–H groups in total. The van der Waals surface area contributed by atoms with Crippen molar-refractivity contribution in [3.63, 3.8) is 0 Å². The van der Waals surface area contributed by atoms with Gasteiger partial charge in [0.05, 0.1) is 0 Å². The lowest BCUT2D eigenvalue weighted by Gasteiger charge is -2.10. The van der Waals surface area contributed by atoms with Crippen LogP contribution in [-0.2, 0) is 6.42 Å². The molecule has 0 aromatic heterocycles. The Labute approximate surface area is 102 Å². The largest absolute Gasteiger partial charge is 0.0895 e. The number of benzene rings is 2. The van der Waals surface area contributed by atoms with E-state index in [2.05, 4.69) is 62.4 Å². The fraction of sp³-hybridized carbons (Fsp3) is 0.200. The van der Waals surface area contributed by atoms with Crippen LogP contribution in [0.3, 0.4) is 0 Å². The standard InChI is InChI=1S/C15H16S/c1-3-13-9-7-8-12(2)15(13)16-14-10-5-4-6-11-14/h4-11H,3H2,1-2H3. The second kappa shape index (κ2) is 5.22. The summed E-state index contributed by atoms with van der Waals surface area (Å²) in [7, 11) is 0. The van der Waals surface area contributed by atoms with E-state index in [-0.39, 0.29) is 0 Å². The van der Waals surface area contributed by atoms with Gasteiger partial charge in [-0.1, -0.05) is 55.1 Å². The maximum atomic E-state index is 2.22. The van der Waals surface area contributed by atoms with Crippen molar-refractivity contribution in [1.82, 2.24) is 0 Å². The monoisotopic (exact) mass is 228 g/mol. The molecule has 0 heterocycles. The molecule has 1 heteroatoms. The van der Waals surface area contributed by atoms with E-state index in [1.807, 2.05) is 11.8 Å². The van der Waals surface area contributed by atoms with Crippen molar-refractivity contribution in [1.29, 1.82) is 0 Å². The minimum Gasteiger partial charge on any atom is -0.0895 e. The first kappa shape index (κ1) is 11.3. The maximum absolute atomic E-state index is 2.22. The molecule has 0 atom stereocenters. The van der Waals surface area contributed by atoms with Crippen LogP contribution in [0.1, 0.15) is 18.1 Å². The third kappa shape index (κ3) is 2.48. The molecule has 0 radical (unpaired) electrons.